The molecule has 2 heterocycles. The maximum absolute atomic E-state index is 15.5. The van der Waals surface area contributed by atoms with Gasteiger partial charge in [-0.3, -0.25) is 19.2 Å². The molecule has 14 nitrogen and oxygen atoms in total. The number of likely N-dealkylation sites (tertiary alicyclic amines) is 1. The lowest BCUT2D eigenvalue weighted by Crippen LogP contribution is -2.57. The first-order valence-electron chi connectivity index (χ1n) is 21.0. The summed E-state index contributed by atoms with van der Waals surface area (Å²) in [5, 5.41) is 22.3. The number of nitrogens with zero attached hydrogens (tertiary/aromatic N) is 2. The first-order valence-corrected chi connectivity index (χ1v) is 21.9. The highest BCUT2D eigenvalue weighted by Gasteiger charge is 2.44. The van der Waals surface area contributed by atoms with E-state index in [9.17, 15) is 29.1 Å². The van der Waals surface area contributed by atoms with E-state index in [0.717, 1.165) is 21.7 Å². The molecule has 1 aromatic heterocycles. The molecule has 0 saturated carbocycles. The summed E-state index contributed by atoms with van der Waals surface area (Å²) >= 11 is 1.57. The van der Waals surface area contributed by atoms with Crippen LogP contribution in [0.25, 0.3) is 10.4 Å². The van der Waals surface area contributed by atoms with E-state index in [-0.39, 0.29) is 62.3 Å². The number of aromatic nitrogens is 1. The minimum atomic E-state index is -0.945. The van der Waals surface area contributed by atoms with Gasteiger partial charge in [-0.2, -0.15) is 0 Å². The highest BCUT2D eigenvalue weighted by molar-refractivity contribution is 7.13. The molecule has 1 aliphatic heterocycles. The van der Waals surface area contributed by atoms with Gasteiger partial charge in [-0.25, -0.2) is 14.2 Å². The van der Waals surface area contributed by atoms with Crippen molar-refractivity contribution in [3.05, 3.63) is 70.6 Å². The summed E-state index contributed by atoms with van der Waals surface area (Å²) in [7, 11) is 0. The van der Waals surface area contributed by atoms with Crippen LogP contribution in [0.2, 0.25) is 0 Å². The molecule has 3 aromatic rings. The molecule has 7 N–H and O–H groups in total. The predicted octanol–water partition coefficient (Wildman–Crippen LogP) is 6.30. The van der Waals surface area contributed by atoms with Gasteiger partial charge < -0.3 is 41.7 Å². The molecule has 334 valence electrons. The number of halogens is 1. The van der Waals surface area contributed by atoms with Crippen LogP contribution in [0.5, 0.6) is 0 Å². The summed E-state index contributed by atoms with van der Waals surface area (Å²) in [6.45, 7) is 14.7. The fraction of sp³-hybridized carbons (Fsp3) is 0.556. The molecule has 16 heteroatoms. The average molecular weight is 866 g/mol. The third-order valence-corrected chi connectivity index (χ3v) is 11.5. The van der Waals surface area contributed by atoms with Gasteiger partial charge in [0.2, 0.25) is 23.6 Å². The Morgan fingerprint density at radius 3 is 2.31 bits per heavy atom. The van der Waals surface area contributed by atoms with E-state index in [1.54, 1.807) is 50.3 Å². The van der Waals surface area contributed by atoms with E-state index in [4.69, 9.17) is 10.5 Å². The van der Waals surface area contributed by atoms with Gasteiger partial charge >= 0.3 is 6.09 Å². The smallest absolute Gasteiger partial charge is 0.407 e. The zero-order valence-electron chi connectivity index (χ0n) is 36.7. The zero-order chi connectivity index (χ0) is 45.1. The van der Waals surface area contributed by atoms with E-state index < -0.39 is 59.0 Å². The number of aliphatic hydroxyl groups is 1. The summed E-state index contributed by atoms with van der Waals surface area (Å²) in [6.07, 6.45) is 1.12. The number of aryl methyl sites for hydroxylation is 2. The molecular weight excluding hydrogens is 802 g/mol. The van der Waals surface area contributed by atoms with Crippen molar-refractivity contribution in [2.45, 2.75) is 143 Å². The minimum Gasteiger partial charge on any atom is -0.444 e. The topological polar surface area (TPSA) is 205 Å². The van der Waals surface area contributed by atoms with Crippen LogP contribution in [0.4, 0.5) is 14.9 Å². The summed E-state index contributed by atoms with van der Waals surface area (Å²) in [6, 6.07) is 10.2. The number of amides is 5. The first kappa shape index (κ1) is 48.6. The zero-order valence-corrected chi connectivity index (χ0v) is 37.5. The highest BCUT2D eigenvalue weighted by atomic mass is 32.1. The number of nitrogens with two attached hydrogens (primary N) is 1. The number of nitrogens with one attached hydrogen (secondary N) is 4. The number of alkyl carbamates (subject to hydrolysis) is 1. The van der Waals surface area contributed by atoms with E-state index >= 15 is 4.39 Å². The number of carbonyl (C=O) groups is 5. The van der Waals surface area contributed by atoms with E-state index in [0.29, 0.717) is 31.2 Å². The molecule has 61 heavy (non-hydrogen) atoms. The van der Waals surface area contributed by atoms with Crippen LogP contribution < -0.4 is 27.0 Å². The molecule has 1 aliphatic rings. The number of hydrogen-bond acceptors (Lipinski definition) is 10. The fourth-order valence-corrected chi connectivity index (χ4v) is 8.00. The van der Waals surface area contributed by atoms with Gasteiger partial charge in [0.15, 0.2) is 0 Å². The van der Waals surface area contributed by atoms with Gasteiger partial charge in [0.25, 0.3) is 0 Å². The molecule has 1 fully saturated rings. The summed E-state index contributed by atoms with van der Waals surface area (Å²) in [5.74, 6) is -2.08. The van der Waals surface area contributed by atoms with E-state index in [1.165, 1.54) is 4.90 Å². The Morgan fingerprint density at radius 2 is 1.69 bits per heavy atom. The van der Waals surface area contributed by atoms with Crippen molar-refractivity contribution < 1.29 is 38.2 Å². The lowest BCUT2D eigenvalue weighted by atomic mass is 9.85. The Balaban J connectivity index is 1.27. The number of carbonyl (C=O) groups excluding carboxylic acids is 5. The van der Waals surface area contributed by atoms with Crippen molar-refractivity contribution in [1.29, 1.82) is 0 Å². The maximum Gasteiger partial charge on any atom is 0.407 e. The molecule has 1 saturated heterocycles. The molecular formula is C45H64FN7O7S. The second kappa shape index (κ2) is 21.6. The Bertz CT molecular complexity index is 1980. The van der Waals surface area contributed by atoms with Gasteiger partial charge in [0.1, 0.15) is 23.5 Å². The lowest BCUT2D eigenvalue weighted by molar-refractivity contribution is -0.144. The van der Waals surface area contributed by atoms with Crippen LogP contribution in [0.15, 0.2) is 48.0 Å². The van der Waals surface area contributed by atoms with Crippen molar-refractivity contribution in [1.82, 2.24) is 25.8 Å². The first-order chi connectivity index (χ1) is 28.6. The van der Waals surface area contributed by atoms with Gasteiger partial charge in [-0.1, -0.05) is 63.6 Å². The average Bonchev–Trinajstić information content (AvgIpc) is 3.79. The SMILES string of the molecule is Cc1ncsc1-c1ccc([C@H](C)NC(=O)[C@@H]2C[C@@H](O)CN2C(=O)[C@@H](NC(=O)CCCCCc2cccc(NCC(CCC(N)=O)NC(=O)OC(C)(C)C)c2F)C(C)(C)C)cc1. The number of β-amino-alcohol motifs (C(OH)–C–C–N with tert-alkyl or cyclic N) is 1. The quantitative estimate of drug-likeness (QED) is 0.0748. The molecule has 1 unspecified atom stereocenters. The Morgan fingerprint density at radius 1 is 0.984 bits per heavy atom. The number of unbranched alkanes of at least 4 members (excludes halogenated alkanes) is 2. The summed E-state index contributed by atoms with van der Waals surface area (Å²) in [4.78, 5) is 71.6. The van der Waals surface area contributed by atoms with Gasteiger partial charge in [0, 0.05) is 38.4 Å². The van der Waals surface area contributed by atoms with Crippen LogP contribution in [-0.2, 0) is 30.3 Å². The monoisotopic (exact) mass is 865 g/mol. The number of primary amides is 1. The van der Waals surface area contributed by atoms with Gasteiger partial charge in [-0.15, -0.1) is 11.3 Å². The number of thiazole rings is 1. The molecule has 0 bridgehead atoms. The molecule has 0 radical (unpaired) electrons. The number of hydrogen-bond donors (Lipinski definition) is 6. The Kier molecular flexibility index (Phi) is 17.2. The van der Waals surface area contributed by atoms with E-state index in [2.05, 4.69) is 26.3 Å². The number of benzene rings is 2. The number of aliphatic hydroxyl groups excluding tert-OH is 1. The molecule has 5 amide bonds. The summed E-state index contributed by atoms with van der Waals surface area (Å²) < 4.78 is 20.9. The second-order valence-corrected chi connectivity index (χ2v) is 18.8. The third-order valence-electron chi connectivity index (χ3n) is 10.5. The number of rotatable bonds is 19. The predicted molar refractivity (Wildman–Crippen MR) is 235 cm³/mol. The van der Waals surface area contributed by atoms with Crippen LogP contribution in [-0.4, -0.2) is 87.6 Å². The molecule has 0 aliphatic carbocycles. The molecule has 0 spiro atoms. The van der Waals surface area contributed by atoms with Crippen LogP contribution in [0.1, 0.15) is 116 Å². The fourth-order valence-electron chi connectivity index (χ4n) is 7.18. The van der Waals surface area contributed by atoms with Crippen molar-refractivity contribution in [2.75, 3.05) is 18.4 Å². The van der Waals surface area contributed by atoms with Crippen molar-refractivity contribution in [3.8, 4) is 10.4 Å². The van der Waals surface area contributed by atoms with Crippen molar-refractivity contribution in [2.24, 2.45) is 11.1 Å². The Labute approximate surface area is 363 Å². The second-order valence-electron chi connectivity index (χ2n) is 18.0. The van der Waals surface area contributed by atoms with Crippen LogP contribution >= 0.6 is 11.3 Å². The molecule has 2 aromatic carbocycles. The molecule has 5 atom stereocenters. The highest BCUT2D eigenvalue weighted by Crippen LogP contribution is 2.30. The van der Waals surface area contributed by atoms with Crippen LogP contribution in [0.3, 0.4) is 0 Å². The van der Waals surface area contributed by atoms with Crippen molar-refractivity contribution in [3.63, 3.8) is 0 Å². The van der Waals surface area contributed by atoms with Crippen LogP contribution in [0, 0.1) is 18.2 Å². The third kappa shape index (κ3) is 14.8. The lowest BCUT2D eigenvalue weighted by Gasteiger charge is -2.35. The number of anilines is 1. The normalized spacial score (nSPS) is 16.9. The standard InChI is InChI=1S/C45H64FN7O7S/c1-27(29-17-19-31(20-18-29)39-28(2)49-26-61-39)50-41(57)35-23-33(54)25-53(35)42(58)40(44(3,4)5)52-37(56)16-11-9-10-13-30-14-12-15-34(38(30)46)48-24-32(21-22-36(47)55)51-43(59)60-45(6,7)8/h12,14-15,17-20,26-27,32-33,35,40,48,54H,9-11,13,16,21-25H2,1-8H3,(H2,47,55)(H,50,57)(H,51,59)(H,52,56)/t27-,32?,33+,35-,40+/m0/s1. The van der Waals surface area contributed by atoms with Gasteiger partial charge in [-0.05, 0) is 88.5 Å². The molecule has 4 rings (SSSR count). The van der Waals surface area contributed by atoms with Crippen molar-refractivity contribution >= 4 is 46.7 Å². The maximum atomic E-state index is 15.5. The summed E-state index contributed by atoms with van der Waals surface area (Å²) in [5.41, 5.74) is 9.33. The van der Waals surface area contributed by atoms with Gasteiger partial charge in [0.05, 0.1) is 33.9 Å². The Hall–Kier alpha value is -5.09. The minimum absolute atomic E-state index is 0.0250. The van der Waals surface area contributed by atoms with E-state index in [1.807, 2.05) is 64.4 Å². The number of ether oxygens (including phenoxy) is 1. The largest absolute Gasteiger partial charge is 0.444 e.